The van der Waals surface area contributed by atoms with E-state index >= 15 is 0 Å². The zero-order valence-electron chi connectivity index (χ0n) is 12.5. The van der Waals surface area contributed by atoms with Gasteiger partial charge in [-0.25, -0.2) is 0 Å². The first-order valence-corrected chi connectivity index (χ1v) is 8.37. The van der Waals surface area contributed by atoms with Crippen molar-refractivity contribution in [1.82, 2.24) is 4.90 Å². The van der Waals surface area contributed by atoms with Crippen LogP contribution in [0.25, 0.3) is 0 Å². The molecule has 1 saturated heterocycles. The molecule has 0 spiro atoms. The first-order valence-electron chi connectivity index (χ1n) is 7.09. The fraction of sp³-hybridized carbons (Fsp3) is 0.429. The lowest BCUT2D eigenvalue weighted by molar-refractivity contribution is -0.387. The number of halogens is 1. The lowest BCUT2D eigenvalue weighted by atomic mass is 10.2. The van der Waals surface area contributed by atoms with Crippen LogP contribution in [0.4, 0.5) is 15.8 Å². The Hall–Kier alpha value is -1.74. The highest BCUT2D eigenvalue weighted by molar-refractivity contribution is 8.23. The zero-order valence-corrected chi connectivity index (χ0v) is 14.1. The van der Waals surface area contributed by atoms with E-state index in [9.17, 15) is 19.3 Å². The number of thioether (sulfide) groups is 1. The van der Waals surface area contributed by atoms with Crippen LogP contribution in [-0.2, 0) is 4.79 Å². The van der Waals surface area contributed by atoms with Gasteiger partial charge in [0.2, 0.25) is 11.7 Å². The highest BCUT2D eigenvalue weighted by Crippen LogP contribution is 2.24. The fourth-order valence-electron chi connectivity index (χ4n) is 2.15. The first kappa shape index (κ1) is 17.6. The van der Waals surface area contributed by atoms with Gasteiger partial charge in [0.25, 0.3) is 0 Å². The summed E-state index contributed by atoms with van der Waals surface area (Å²) in [6, 6.07) is 3.25. The van der Waals surface area contributed by atoms with Crippen LogP contribution >= 0.6 is 24.0 Å². The third-order valence-corrected chi connectivity index (χ3v) is 5.00. The van der Waals surface area contributed by atoms with Crippen molar-refractivity contribution in [3.63, 3.8) is 0 Å². The summed E-state index contributed by atoms with van der Waals surface area (Å²) in [6.07, 6.45) is 2.20. The van der Waals surface area contributed by atoms with Gasteiger partial charge < -0.3 is 10.2 Å². The lowest BCUT2D eigenvalue weighted by Gasteiger charge is -2.20. The Labute approximate surface area is 142 Å². The van der Waals surface area contributed by atoms with Crippen molar-refractivity contribution in [3.05, 3.63) is 34.1 Å². The average molecular weight is 357 g/mol. The maximum absolute atomic E-state index is 13.3. The summed E-state index contributed by atoms with van der Waals surface area (Å²) in [4.78, 5) is 24.1. The number of nitrogens with zero attached hydrogens (tertiary/aromatic N) is 2. The van der Waals surface area contributed by atoms with Gasteiger partial charge in [0.15, 0.2) is 0 Å². The van der Waals surface area contributed by atoms with Crippen molar-refractivity contribution in [3.8, 4) is 0 Å². The molecule has 2 rings (SSSR count). The van der Waals surface area contributed by atoms with E-state index in [2.05, 4.69) is 10.2 Å². The third-order valence-electron chi connectivity index (χ3n) is 3.42. The van der Waals surface area contributed by atoms with Gasteiger partial charge in [-0.05, 0) is 31.9 Å². The van der Waals surface area contributed by atoms with Crippen LogP contribution in [0.5, 0.6) is 0 Å². The smallest absolute Gasteiger partial charge is 0.306 e. The van der Waals surface area contributed by atoms with E-state index in [4.69, 9.17) is 12.2 Å². The van der Waals surface area contributed by atoms with Crippen LogP contribution in [0.2, 0.25) is 0 Å². The number of nitrogens with one attached hydrogen (secondary N) is 1. The quantitative estimate of drug-likeness (QED) is 0.507. The number of carbonyl (C=O) groups is 1. The van der Waals surface area contributed by atoms with Crippen molar-refractivity contribution < 1.29 is 14.1 Å². The number of hydrogen-bond donors (Lipinski definition) is 1. The van der Waals surface area contributed by atoms with Gasteiger partial charge in [-0.3, -0.25) is 14.9 Å². The second kappa shape index (κ2) is 7.69. The van der Waals surface area contributed by atoms with E-state index in [0.717, 1.165) is 38.1 Å². The van der Waals surface area contributed by atoms with E-state index in [-0.39, 0.29) is 11.6 Å². The number of anilines is 1. The number of hydrogen-bond acceptors (Lipinski definition) is 5. The largest absolute Gasteiger partial charge is 0.358 e. The average Bonchev–Trinajstić information content (AvgIpc) is 3.03. The van der Waals surface area contributed by atoms with E-state index < -0.39 is 21.7 Å². The van der Waals surface area contributed by atoms with Crippen molar-refractivity contribution in [2.45, 2.75) is 25.0 Å². The predicted octanol–water partition coefficient (Wildman–Crippen LogP) is 3.17. The SMILES string of the molecule is CC(SC(=S)N1CCCC1)C(=O)Nc1ccc(F)c([N+](=O)[O-])c1. The molecular formula is C14H16FN3O3S2. The second-order valence-corrected chi connectivity index (χ2v) is 7.11. The molecule has 1 amide bonds. The molecule has 1 aliphatic heterocycles. The molecule has 1 fully saturated rings. The topological polar surface area (TPSA) is 75.5 Å². The van der Waals surface area contributed by atoms with Crippen LogP contribution in [0.15, 0.2) is 18.2 Å². The molecule has 1 atom stereocenters. The molecule has 1 aliphatic rings. The van der Waals surface area contributed by atoms with Gasteiger partial charge in [-0.15, -0.1) is 0 Å². The van der Waals surface area contributed by atoms with Crippen LogP contribution < -0.4 is 5.32 Å². The van der Waals surface area contributed by atoms with Gasteiger partial charge in [-0.1, -0.05) is 24.0 Å². The molecule has 1 heterocycles. The van der Waals surface area contributed by atoms with Gasteiger partial charge in [0.1, 0.15) is 4.32 Å². The first-order chi connectivity index (χ1) is 10.9. The minimum atomic E-state index is -0.939. The van der Waals surface area contributed by atoms with E-state index in [0.29, 0.717) is 4.32 Å². The molecule has 0 aromatic heterocycles. The molecule has 0 saturated carbocycles. The Balaban J connectivity index is 1.96. The van der Waals surface area contributed by atoms with Crippen LogP contribution in [0, 0.1) is 15.9 Å². The summed E-state index contributed by atoms with van der Waals surface area (Å²) in [6.45, 7) is 3.52. The molecule has 6 nitrogen and oxygen atoms in total. The zero-order chi connectivity index (χ0) is 17.0. The van der Waals surface area contributed by atoms with Crippen molar-refractivity contribution in [2.75, 3.05) is 18.4 Å². The summed E-state index contributed by atoms with van der Waals surface area (Å²) in [5.41, 5.74) is -0.488. The van der Waals surface area contributed by atoms with E-state index in [1.807, 2.05) is 0 Å². The Kier molecular flexibility index (Phi) is 5.89. The van der Waals surface area contributed by atoms with Crippen LogP contribution in [-0.4, -0.2) is 38.4 Å². The Morgan fingerprint density at radius 1 is 1.48 bits per heavy atom. The molecule has 0 aliphatic carbocycles. The van der Waals surface area contributed by atoms with Crippen molar-refractivity contribution >= 4 is 45.6 Å². The molecule has 23 heavy (non-hydrogen) atoms. The number of amides is 1. The minimum absolute atomic E-state index is 0.183. The third kappa shape index (κ3) is 4.61. The Morgan fingerprint density at radius 2 is 2.13 bits per heavy atom. The minimum Gasteiger partial charge on any atom is -0.358 e. The molecular weight excluding hydrogens is 341 g/mol. The standard InChI is InChI=1S/C14H16FN3O3S2/c1-9(23-14(22)17-6-2-3-7-17)13(19)16-10-4-5-11(15)12(8-10)18(20)21/h4-5,8-9H,2-3,6-7H2,1H3,(H,16,19). The fourth-order valence-corrected chi connectivity index (χ4v) is 3.57. The highest BCUT2D eigenvalue weighted by atomic mass is 32.2. The molecule has 0 bridgehead atoms. The summed E-state index contributed by atoms with van der Waals surface area (Å²) >= 11 is 6.59. The molecule has 0 radical (unpaired) electrons. The van der Waals surface area contributed by atoms with Gasteiger partial charge in [-0.2, -0.15) is 4.39 Å². The van der Waals surface area contributed by atoms with E-state index in [1.165, 1.54) is 17.8 Å². The van der Waals surface area contributed by atoms with Gasteiger partial charge >= 0.3 is 5.69 Å². The number of rotatable bonds is 4. The molecule has 124 valence electrons. The monoisotopic (exact) mass is 357 g/mol. The predicted molar refractivity (Wildman–Crippen MR) is 92.1 cm³/mol. The molecule has 9 heteroatoms. The van der Waals surface area contributed by atoms with Crippen molar-refractivity contribution in [1.29, 1.82) is 0 Å². The molecule has 1 unspecified atom stereocenters. The maximum atomic E-state index is 13.3. The van der Waals surface area contributed by atoms with Crippen molar-refractivity contribution in [2.24, 2.45) is 0 Å². The van der Waals surface area contributed by atoms with Gasteiger partial charge in [0, 0.05) is 24.8 Å². The molecule has 1 N–H and O–H groups in total. The number of benzene rings is 1. The lowest BCUT2D eigenvalue weighted by Crippen LogP contribution is -2.29. The Bertz CT molecular complexity index is 636. The van der Waals surface area contributed by atoms with E-state index in [1.54, 1.807) is 6.92 Å². The Morgan fingerprint density at radius 3 is 2.74 bits per heavy atom. The number of likely N-dealkylation sites (tertiary alicyclic amines) is 1. The number of nitro benzene ring substituents is 1. The molecule has 1 aromatic rings. The highest BCUT2D eigenvalue weighted by Gasteiger charge is 2.22. The summed E-state index contributed by atoms with van der Waals surface area (Å²) in [5.74, 6) is -1.27. The summed E-state index contributed by atoms with van der Waals surface area (Å²) < 4.78 is 14.0. The number of thiocarbonyl (C=S) groups is 1. The summed E-state index contributed by atoms with van der Waals surface area (Å²) in [5, 5.41) is 12.8. The number of nitro groups is 1. The number of carbonyl (C=O) groups excluding carboxylic acids is 1. The maximum Gasteiger partial charge on any atom is 0.306 e. The second-order valence-electron chi connectivity index (χ2n) is 5.13. The molecule has 1 aromatic carbocycles. The van der Waals surface area contributed by atoms with Crippen LogP contribution in [0.3, 0.4) is 0 Å². The van der Waals surface area contributed by atoms with Crippen LogP contribution in [0.1, 0.15) is 19.8 Å². The summed E-state index contributed by atoms with van der Waals surface area (Å²) in [7, 11) is 0. The normalized spacial score (nSPS) is 15.3. The van der Waals surface area contributed by atoms with Gasteiger partial charge in [0.05, 0.1) is 10.2 Å².